The minimum Gasteiger partial charge on any atom is -0.345 e. The number of anilines is 1. The predicted octanol–water partition coefficient (Wildman–Crippen LogP) is 2.71. The van der Waals surface area contributed by atoms with Crippen molar-refractivity contribution in [1.82, 2.24) is 15.1 Å². The van der Waals surface area contributed by atoms with Crippen LogP contribution in [0, 0.1) is 16.7 Å². The van der Waals surface area contributed by atoms with Crippen LogP contribution in [-0.4, -0.2) is 65.1 Å². The molecule has 3 atom stereocenters. The number of hydrogen-bond acceptors (Lipinski definition) is 5. The molecule has 2 fully saturated rings. The largest absolute Gasteiger partial charge is 0.345 e. The van der Waals surface area contributed by atoms with E-state index in [4.69, 9.17) is 4.11 Å². The number of para-hydroxylation sites is 1. The summed E-state index contributed by atoms with van der Waals surface area (Å²) in [6.45, 7) is 2.14. The van der Waals surface area contributed by atoms with Gasteiger partial charge in [0.05, 0.1) is 11.5 Å². The van der Waals surface area contributed by atoms with Crippen molar-refractivity contribution in [3.8, 4) is 6.07 Å². The van der Waals surface area contributed by atoms with Crippen molar-refractivity contribution in [1.29, 1.82) is 5.26 Å². The lowest BCUT2D eigenvalue weighted by molar-refractivity contribution is -0.152. The van der Waals surface area contributed by atoms with Crippen molar-refractivity contribution in [3.05, 3.63) is 29.8 Å². The van der Waals surface area contributed by atoms with E-state index in [0.717, 1.165) is 19.3 Å². The number of rotatable bonds is 4. The lowest BCUT2D eigenvalue weighted by Gasteiger charge is -2.35. The van der Waals surface area contributed by atoms with Crippen LogP contribution in [-0.2, 0) is 24.6 Å². The Bertz CT molecular complexity index is 1230. The zero-order valence-corrected chi connectivity index (χ0v) is 21.7. The van der Waals surface area contributed by atoms with Crippen LogP contribution in [0.1, 0.15) is 75.4 Å². The highest BCUT2D eigenvalue weighted by molar-refractivity contribution is 6.35. The molecule has 1 aromatic carbocycles. The molecule has 0 radical (unpaired) electrons. The summed E-state index contributed by atoms with van der Waals surface area (Å²) < 4.78 is 24.5. The fourth-order valence-electron chi connectivity index (χ4n) is 5.79. The second kappa shape index (κ2) is 10.2. The third kappa shape index (κ3) is 5.20. The average Bonchev–Trinajstić information content (AvgIpc) is 3.40. The highest BCUT2D eigenvalue weighted by atomic mass is 16.2. The van der Waals surface area contributed by atoms with E-state index < -0.39 is 47.6 Å². The van der Waals surface area contributed by atoms with Gasteiger partial charge in [0.15, 0.2) is 0 Å². The maximum absolute atomic E-state index is 14.2. The summed E-state index contributed by atoms with van der Waals surface area (Å²) in [6, 6.07) is 6.35. The molecule has 9 nitrogen and oxygen atoms in total. The number of nitriles is 1. The molecule has 1 saturated heterocycles. The van der Waals surface area contributed by atoms with E-state index in [-0.39, 0.29) is 31.3 Å². The van der Waals surface area contributed by atoms with Crippen molar-refractivity contribution < 1.29 is 23.3 Å². The number of fused-ring (bicyclic) bond motifs is 2. The Hall–Kier alpha value is -3.41. The van der Waals surface area contributed by atoms with Crippen LogP contribution >= 0.6 is 0 Å². The molecule has 0 bridgehead atoms. The number of nitrogens with one attached hydrogen (secondary N) is 2. The number of amides is 4. The van der Waals surface area contributed by atoms with Crippen LogP contribution in [0.25, 0.3) is 0 Å². The SMILES string of the molecule is [2H]C([2H])([2H])N(C(=O)C(=O)NC1CCCCC1)[C@@H](CC(C)(C)C)C(=O)N1C[C@]2(C[C@H]1C#N)C(=O)Nc1ccccc12. The summed E-state index contributed by atoms with van der Waals surface area (Å²) >= 11 is 0. The number of benzene rings is 1. The van der Waals surface area contributed by atoms with E-state index in [0.29, 0.717) is 29.0 Å². The van der Waals surface area contributed by atoms with E-state index in [1.54, 1.807) is 45.0 Å². The number of likely N-dealkylation sites (tertiary alicyclic amines) is 1. The predicted molar refractivity (Wildman–Crippen MR) is 138 cm³/mol. The average molecular weight is 511 g/mol. The Kier molecular flexibility index (Phi) is 6.25. The number of nitrogens with zero attached hydrogens (tertiary/aromatic N) is 3. The first-order valence-electron chi connectivity index (χ1n) is 14.4. The Balaban J connectivity index is 1.69. The molecule has 198 valence electrons. The van der Waals surface area contributed by atoms with Gasteiger partial charge < -0.3 is 20.4 Å². The fraction of sp³-hybridized carbons (Fsp3) is 0.607. The summed E-state index contributed by atoms with van der Waals surface area (Å²) in [4.78, 5) is 55.6. The topological polar surface area (TPSA) is 123 Å². The molecule has 9 heteroatoms. The van der Waals surface area contributed by atoms with E-state index >= 15 is 0 Å². The minimum absolute atomic E-state index is 0.0319. The highest BCUT2D eigenvalue weighted by Gasteiger charge is 2.57. The molecule has 4 rings (SSSR count). The van der Waals surface area contributed by atoms with Crippen molar-refractivity contribution >= 4 is 29.3 Å². The number of hydrogen-bond donors (Lipinski definition) is 2. The van der Waals surface area contributed by atoms with Gasteiger partial charge in [-0.1, -0.05) is 58.2 Å². The summed E-state index contributed by atoms with van der Waals surface area (Å²) in [6.07, 6.45) is 4.18. The molecule has 2 N–H and O–H groups in total. The van der Waals surface area contributed by atoms with Crippen molar-refractivity contribution in [2.24, 2.45) is 5.41 Å². The smallest absolute Gasteiger partial charge is 0.312 e. The molecule has 0 unspecified atom stereocenters. The van der Waals surface area contributed by atoms with Crippen molar-refractivity contribution in [3.63, 3.8) is 0 Å². The number of carbonyl (C=O) groups excluding carboxylic acids is 4. The molecule has 1 spiro atoms. The third-order valence-corrected chi connectivity index (χ3v) is 7.67. The van der Waals surface area contributed by atoms with Gasteiger partial charge in [0.2, 0.25) is 11.8 Å². The fourth-order valence-corrected chi connectivity index (χ4v) is 5.79. The maximum atomic E-state index is 14.2. The number of carbonyl (C=O) groups is 4. The van der Waals surface area contributed by atoms with Gasteiger partial charge in [0.25, 0.3) is 0 Å². The molecule has 0 aromatic heterocycles. The van der Waals surface area contributed by atoms with E-state index in [9.17, 15) is 24.4 Å². The van der Waals surface area contributed by atoms with Gasteiger partial charge in [-0.3, -0.25) is 19.2 Å². The van der Waals surface area contributed by atoms with Crippen LogP contribution in [0.2, 0.25) is 0 Å². The van der Waals surface area contributed by atoms with Gasteiger partial charge in [-0.15, -0.1) is 0 Å². The van der Waals surface area contributed by atoms with E-state index in [1.807, 2.05) is 0 Å². The monoisotopic (exact) mass is 510 g/mol. The van der Waals surface area contributed by atoms with Gasteiger partial charge in [0.1, 0.15) is 12.1 Å². The first kappa shape index (κ1) is 22.8. The summed E-state index contributed by atoms with van der Waals surface area (Å²) in [7, 11) is 0. The van der Waals surface area contributed by atoms with E-state index in [1.165, 1.54) is 4.90 Å². The van der Waals surface area contributed by atoms with Gasteiger partial charge in [0, 0.05) is 35.8 Å². The molecule has 3 aliphatic rings. The Morgan fingerprint density at radius 1 is 1.27 bits per heavy atom. The molecule has 2 heterocycles. The molecule has 37 heavy (non-hydrogen) atoms. The number of likely N-dealkylation sites (N-methyl/N-ethyl adjacent to an activating group) is 1. The van der Waals surface area contributed by atoms with Crippen LogP contribution in [0.3, 0.4) is 0 Å². The Morgan fingerprint density at radius 2 is 1.97 bits per heavy atom. The second-order valence-electron chi connectivity index (χ2n) is 11.7. The van der Waals surface area contributed by atoms with Crippen LogP contribution in [0.15, 0.2) is 24.3 Å². The first-order valence-corrected chi connectivity index (χ1v) is 12.9. The molecular formula is C28H37N5O4. The Labute approximate surface area is 222 Å². The van der Waals surface area contributed by atoms with Gasteiger partial charge in [-0.25, -0.2) is 0 Å². The minimum atomic E-state index is -3.11. The van der Waals surface area contributed by atoms with Gasteiger partial charge in [-0.2, -0.15) is 5.26 Å². The summed E-state index contributed by atoms with van der Waals surface area (Å²) in [5.41, 5.74) is -0.533. The lowest BCUT2D eigenvalue weighted by Crippen LogP contribution is -2.55. The van der Waals surface area contributed by atoms with Crippen LogP contribution in [0.5, 0.6) is 0 Å². The van der Waals surface area contributed by atoms with Gasteiger partial charge in [-0.05, 0) is 36.3 Å². The molecule has 2 aliphatic heterocycles. The highest BCUT2D eigenvalue weighted by Crippen LogP contribution is 2.46. The van der Waals surface area contributed by atoms with Gasteiger partial charge >= 0.3 is 11.8 Å². The van der Waals surface area contributed by atoms with E-state index in [2.05, 4.69) is 16.7 Å². The zero-order chi connectivity index (χ0) is 29.5. The molecule has 4 amide bonds. The van der Waals surface area contributed by atoms with Crippen molar-refractivity contribution in [2.45, 2.75) is 89.3 Å². The third-order valence-electron chi connectivity index (χ3n) is 7.67. The Morgan fingerprint density at radius 3 is 2.62 bits per heavy atom. The second-order valence-corrected chi connectivity index (χ2v) is 11.7. The van der Waals surface area contributed by atoms with Crippen LogP contribution < -0.4 is 10.6 Å². The maximum Gasteiger partial charge on any atom is 0.312 e. The molecule has 1 aromatic rings. The zero-order valence-electron chi connectivity index (χ0n) is 24.7. The quantitative estimate of drug-likeness (QED) is 0.603. The van der Waals surface area contributed by atoms with Crippen LogP contribution in [0.4, 0.5) is 5.69 Å². The molecule has 1 aliphatic carbocycles. The summed E-state index contributed by atoms with van der Waals surface area (Å²) in [5.74, 6) is -3.48. The molecular weight excluding hydrogens is 470 g/mol. The molecule has 1 saturated carbocycles. The normalized spacial score (nSPS) is 25.8. The first-order chi connectivity index (χ1) is 18.7. The summed E-state index contributed by atoms with van der Waals surface area (Å²) in [5, 5.41) is 15.5. The van der Waals surface area contributed by atoms with Crippen molar-refractivity contribution in [2.75, 3.05) is 18.8 Å². The standard InChI is InChI=1S/C28H37N5O4/c1-27(2,3)15-22(32(4)25(36)23(34)30-18-10-6-5-7-11-18)24(35)33-17-28(14-19(33)16-29)20-12-8-9-13-21(20)31-26(28)37/h8-9,12-13,18-19,22H,5-7,10-11,14-15,17H2,1-4H3,(H,30,34)(H,31,37)/t19-,22-,28-/m0/s1/i4D3. The lowest BCUT2D eigenvalue weighted by atomic mass is 9.80.